The predicted molar refractivity (Wildman–Crippen MR) is 148 cm³/mol. The Morgan fingerprint density at radius 3 is 2.18 bits per heavy atom. The number of hydrogen-bond acceptors (Lipinski definition) is 7. The molecule has 2 heterocycles. The first-order chi connectivity index (χ1) is 17.8. The van der Waals surface area contributed by atoms with Crippen molar-refractivity contribution in [2.45, 2.75) is 90.5 Å². The van der Waals surface area contributed by atoms with Gasteiger partial charge in [0.25, 0.3) is 0 Å². The Hall–Kier alpha value is -2.94. The van der Waals surface area contributed by atoms with E-state index in [1.54, 1.807) is 47.7 Å². The van der Waals surface area contributed by atoms with Crippen molar-refractivity contribution in [1.82, 2.24) is 15.0 Å². The third-order valence-electron chi connectivity index (χ3n) is 5.94. The molecule has 0 amide bonds. The van der Waals surface area contributed by atoms with Crippen molar-refractivity contribution in [2.24, 2.45) is 0 Å². The topological polar surface area (TPSA) is 103 Å². The van der Waals surface area contributed by atoms with Gasteiger partial charge in [0.15, 0.2) is 0 Å². The highest BCUT2D eigenvalue weighted by atomic mass is 35.5. The minimum absolute atomic E-state index is 0.0187. The van der Waals surface area contributed by atoms with Gasteiger partial charge in [-0.1, -0.05) is 24.4 Å². The monoisotopic (exact) mass is 543 g/mol. The molecular weight excluding hydrogens is 506 g/mol. The van der Waals surface area contributed by atoms with Gasteiger partial charge in [-0.15, -0.1) is 0 Å². The first-order valence-corrected chi connectivity index (χ1v) is 13.2. The molecule has 0 spiro atoms. The summed E-state index contributed by atoms with van der Waals surface area (Å²) in [5.74, 6) is -1.73. The maximum Gasteiger partial charge on any atom is 0.340 e. The lowest BCUT2D eigenvalue weighted by Gasteiger charge is -2.33. The van der Waals surface area contributed by atoms with Gasteiger partial charge in [0.05, 0.1) is 5.69 Å². The third-order valence-corrected chi connectivity index (χ3v) is 6.17. The van der Waals surface area contributed by atoms with E-state index in [4.69, 9.17) is 21.1 Å². The quantitative estimate of drug-likeness (QED) is 0.133. The number of ether oxygens (including phenoxy) is 2. The van der Waals surface area contributed by atoms with E-state index in [9.17, 15) is 14.8 Å². The molecule has 0 aliphatic carbocycles. The second-order valence-corrected chi connectivity index (χ2v) is 11.9. The van der Waals surface area contributed by atoms with Crippen molar-refractivity contribution in [1.29, 1.82) is 0 Å². The number of carbonyl (C=O) groups is 2. The number of pyridine rings is 1. The van der Waals surface area contributed by atoms with Gasteiger partial charge >= 0.3 is 11.9 Å². The Morgan fingerprint density at radius 2 is 1.63 bits per heavy atom. The number of hydrogen-bond donors (Lipinski definition) is 2. The molecule has 9 heteroatoms. The highest BCUT2D eigenvalue weighted by Gasteiger charge is 2.51. The van der Waals surface area contributed by atoms with E-state index in [1.807, 2.05) is 42.0 Å². The molecule has 1 aromatic carbocycles. The molecule has 0 aliphatic heterocycles. The Labute approximate surface area is 229 Å². The van der Waals surface area contributed by atoms with Crippen LogP contribution in [0.15, 0.2) is 48.8 Å². The van der Waals surface area contributed by atoms with Crippen LogP contribution >= 0.6 is 11.6 Å². The number of aromatic nitrogens is 2. The van der Waals surface area contributed by atoms with Gasteiger partial charge in [-0.2, -0.15) is 5.48 Å². The maximum absolute atomic E-state index is 13.1. The zero-order valence-corrected chi connectivity index (χ0v) is 23.8. The number of nitrogens with zero attached hydrogens (tertiary/aromatic N) is 2. The Bertz CT molecular complexity index is 1230. The molecule has 2 aromatic heterocycles. The van der Waals surface area contributed by atoms with Gasteiger partial charge in [0.1, 0.15) is 11.2 Å². The maximum atomic E-state index is 13.1. The Morgan fingerprint density at radius 1 is 0.974 bits per heavy atom. The molecule has 38 heavy (non-hydrogen) atoms. The molecule has 0 saturated heterocycles. The smallest absolute Gasteiger partial charge is 0.340 e. The highest BCUT2D eigenvalue weighted by Crippen LogP contribution is 2.31. The lowest BCUT2D eigenvalue weighted by molar-refractivity contribution is -0.186. The van der Waals surface area contributed by atoms with E-state index in [-0.39, 0.29) is 6.42 Å². The molecule has 3 aromatic rings. The summed E-state index contributed by atoms with van der Waals surface area (Å²) >= 11 is 6.24. The van der Waals surface area contributed by atoms with E-state index >= 15 is 0 Å². The van der Waals surface area contributed by atoms with Gasteiger partial charge in [0, 0.05) is 40.4 Å². The Balaban J connectivity index is 1.76. The van der Waals surface area contributed by atoms with Gasteiger partial charge in [-0.05, 0) is 90.8 Å². The van der Waals surface area contributed by atoms with Crippen LogP contribution in [-0.4, -0.2) is 43.4 Å². The number of fused-ring (bicyclic) bond motifs is 1. The minimum Gasteiger partial charge on any atom is -0.458 e. The fourth-order valence-corrected chi connectivity index (χ4v) is 4.42. The van der Waals surface area contributed by atoms with Crippen molar-refractivity contribution in [3.05, 3.63) is 53.8 Å². The van der Waals surface area contributed by atoms with Crippen LogP contribution in [0.1, 0.15) is 67.2 Å². The van der Waals surface area contributed by atoms with E-state index < -0.39 is 28.7 Å². The standard InChI is InChI=1S/C29H38ClN3O5/c1-27(2,3)37-25(34)29(32-36,26(35)38-28(4,5)6)14-8-7-9-16-33-23-13-12-22(30)17-21(23)18-24(33)20-11-10-15-31-19-20/h10-13,15,17-19,32,36H,7-9,14,16H2,1-6H3. The number of rotatable bonds is 10. The average molecular weight is 544 g/mol. The molecule has 0 saturated carbocycles. The van der Waals surface area contributed by atoms with Crippen LogP contribution in [0, 0.1) is 0 Å². The van der Waals surface area contributed by atoms with Crippen LogP contribution in [0.5, 0.6) is 0 Å². The molecule has 0 atom stereocenters. The molecule has 0 bridgehead atoms. The van der Waals surface area contributed by atoms with Crippen LogP contribution in [0.2, 0.25) is 5.02 Å². The highest BCUT2D eigenvalue weighted by molar-refractivity contribution is 6.31. The number of esters is 2. The summed E-state index contributed by atoms with van der Waals surface area (Å²) in [5.41, 5.74) is 1.33. The SMILES string of the molecule is CC(C)(C)OC(=O)C(CCCCCn1c(-c2cccnc2)cc2cc(Cl)ccc21)(NO)C(=O)OC(C)(C)C. The van der Waals surface area contributed by atoms with E-state index in [0.717, 1.165) is 28.6 Å². The number of aryl methyl sites for hydroxylation is 1. The van der Waals surface area contributed by atoms with Crippen molar-refractivity contribution in [3.8, 4) is 11.3 Å². The number of unbranched alkanes of at least 4 members (excludes halogenated alkanes) is 2. The summed E-state index contributed by atoms with van der Waals surface area (Å²) in [6.45, 7) is 10.9. The first-order valence-electron chi connectivity index (χ1n) is 12.8. The van der Waals surface area contributed by atoms with E-state index in [1.165, 1.54) is 0 Å². The van der Waals surface area contributed by atoms with Crippen molar-refractivity contribution in [3.63, 3.8) is 0 Å². The molecule has 0 aliphatic rings. The molecule has 0 fully saturated rings. The first kappa shape index (κ1) is 29.6. The summed E-state index contributed by atoms with van der Waals surface area (Å²) in [6, 6.07) is 11.8. The molecular formula is C29H38ClN3O5. The zero-order valence-electron chi connectivity index (χ0n) is 23.0. The van der Waals surface area contributed by atoms with Crippen LogP contribution in [0.4, 0.5) is 0 Å². The molecule has 0 unspecified atom stereocenters. The minimum atomic E-state index is -2.02. The molecule has 206 valence electrons. The van der Waals surface area contributed by atoms with Gasteiger partial charge < -0.3 is 19.2 Å². The summed E-state index contributed by atoms with van der Waals surface area (Å²) < 4.78 is 13.2. The van der Waals surface area contributed by atoms with Gasteiger partial charge in [0.2, 0.25) is 5.54 Å². The Kier molecular flexibility index (Phi) is 9.23. The van der Waals surface area contributed by atoms with Crippen molar-refractivity contribution < 1.29 is 24.3 Å². The third kappa shape index (κ3) is 7.34. The van der Waals surface area contributed by atoms with Gasteiger partial charge in [-0.3, -0.25) is 4.98 Å². The van der Waals surface area contributed by atoms with Gasteiger partial charge in [-0.25, -0.2) is 9.59 Å². The largest absolute Gasteiger partial charge is 0.458 e. The van der Waals surface area contributed by atoms with E-state index in [2.05, 4.69) is 15.6 Å². The average Bonchev–Trinajstić information content (AvgIpc) is 3.17. The number of hydroxylamine groups is 1. The number of nitrogens with one attached hydrogen (secondary N) is 1. The fraction of sp³-hybridized carbons (Fsp3) is 0.483. The van der Waals surface area contributed by atoms with Crippen molar-refractivity contribution in [2.75, 3.05) is 0 Å². The number of benzene rings is 1. The molecule has 2 N–H and O–H groups in total. The predicted octanol–water partition coefficient (Wildman–Crippen LogP) is 6.32. The zero-order chi connectivity index (χ0) is 28.1. The summed E-state index contributed by atoms with van der Waals surface area (Å²) in [7, 11) is 0. The second kappa shape index (κ2) is 11.8. The molecule has 3 rings (SSSR count). The lowest BCUT2D eigenvalue weighted by Crippen LogP contribution is -2.60. The summed E-state index contributed by atoms with van der Waals surface area (Å²) in [4.78, 5) is 30.5. The normalized spacial score (nSPS) is 12.5. The molecule has 8 nitrogen and oxygen atoms in total. The number of halogens is 1. The van der Waals surface area contributed by atoms with Crippen LogP contribution in [0.3, 0.4) is 0 Å². The second-order valence-electron chi connectivity index (χ2n) is 11.5. The summed E-state index contributed by atoms with van der Waals surface area (Å²) in [5, 5.41) is 11.8. The van der Waals surface area contributed by atoms with Crippen LogP contribution in [0.25, 0.3) is 22.2 Å². The van der Waals surface area contributed by atoms with Crippen LogP contribution < -0.4 is 5.48 Å². The van der Waals surface area contributed by atoms with E-state index in [0.29, 0.717) is 24.4 Å². The number of carbonyl (C=O) groups excluding carboxylic acids is 2. The molecule has 0 radical (unpaired) electrons. The summed E-state index contributed by atoms with van der Waals surface area (Å²) in [6.07, 6.45) is 5.52. The lowest BCUT2D eigenvalue weighted by atomic mass is 9.92. The fourth-order valence-electron chi connectivity index (χ4n) is 4.24. The van der Waals surface area contributed by atoms with Crippen LogP contribution in [-0.2, 0) is 25.6 Å². The van der Waals surface area contributed by atoms with Crippen molar-refractivity contribution >= 4 is 34.4 Å².